The predicted molar refractivity (Wildman–Crippen MR) is 74.0 cm³/mol. The van der Waals surface area contributed by atoms with Crippen molar-refractivity contribution in [1.29, 1.82) is 0 Å². The van der Waals surface area contributed by atoms with Gasteiger partial charge in [0.1, 0.15) is 0 Å². The van der Waals surface area contributed by atoms with E-state index >= 15 is 0 Å². The van der Waals surface area contributed by atoms with Crippen LogP contribution in [0.4, 0.5) is 0 Å². The summed E-state index contributed by atoms with van der Waals surface area (Å²) in [5.41, 5.74) is 0.580. The SMILES string of the molecule is CCc1nnc(S/C(=C\c2ccccc2Cl)C(=O)[O-])o1. The number of thioether (sulfide) groups is 1. The molecule has 2 rings (SSSR count). The second-order valence-electron chi connectivity index (χ2n) is 3.73. The molecule has 0 saturated carbocycles. The van der Waals surface area contributed by atoms with Gasteiger partial charge in [-0.1, -0.05) is 36.7 Å². The van der Waals surface area contributed by atoms with Crippen molar-refractivity contribution < 1.29 is 14.3 Å². The molecule has 0 bridgehead atoms. The van der Waals surface area contributed by atoms with E-state index in [4.69, 9.17) is 16.0 Å². The summed E-state index contributed by atoms with van der Waals surface area (Å²) >= 11 is 6.82. The molecule has 1 aromatic carbocycles. The topological polar surface area (TPSA) is 79.0 Å². The molecule has 2 aromatic rings. The minimum atomic E-state index is -1.33. The van der Waals surface area contributed by atoms with Crippen molar-refractivity contribution in [2.75, 3.05) is 0 Å². The Morgan fingerprint density at radius 2 is 2.20 bits per heavy atom. The van der Waals surface area contributed by atoms with E-state index in [0.29, 0.717) is 22.9 Å². The number of aryl methyl sites for hydroxylation is 1. The molecule has 20 heavy (non-hydrogen) atoms. The van der Waals surface area contributed by atoms with Crippen LogP contribution >= 0.6 is 23.4 Å². The van der Waals surface area contributed by atoms with Crippen LogP contribution in [0, 0.1) is 0 Å². The summed E-state index contributed by atoms with van der Waals surface area (Å²) in [7, 11) is 0. The van der Waals surface area contributed by atoms with E-state index in [1.54, 1.807) is 24.3 Å². The zero-order valence-electron chi connectivity index (χ0n) is 10.5. The molecule has 0 atom stereocenters. The quantitative estimate of drug-likeness (QED) is 0.622. The number of nitrogens with zero attached hydrogens (tertiary/aromatic N) is 2. The van der Waals surface area contributed by atoms with Crippen LogP contribution in [0.5, 0.6) is 0 Å². The summed E-state index contributed by atoms with van der Waals surface area (Å²) in [6.07, 6.45) is 2.00. The van der Waals surface area contributed by atoms with E-state index in [2.05, 4.69) is 10.2 Å². The lowest BCUT2D eigenvalue weighted by atomic mass is 10.2. The summed E-state index contributed by atoms with van der Waals surface area (Å²) in [6, 6.07) is 6.90. The van der Waals surface area contributed by atoms with Crippen LogP contribution in [0.15, 0.2) is 38.8 Å². The van der Waals surface area contributed by atoms with E-state index in [1.807, 2.05) is 6.92 Å². The standard InChI is InChI=1S/C13H11ClN2O3S/c1-2-11-15-16-13(19-11)20-10(12(17)18)7-8-5-3-4-6-9(8)14/h3-7H,2H2,1H3,(H,17,18)/p-1/b10-7-. The smallest absolute Gasteiger partial charge is 0.281 e. The number of halogens is 1. The van der Waals surface area contributed by atoms with Crippen LogP contribution in [0.1, 0.15) is 18.4 Å². The van der Waals surface area contributed by atoms with Gasteiger partial charge in [-0.25, -0.2) is 0 Å². The Hall–Kier alpha value is -1.79. The average Bonchev–Trinajstić information content (AvgIpc) is 2.88. The summed E-state index contributed by atoms with van der Waals surface area (Å²) in [4.78, 5) is 11.1. The molecular weight excluding hydrogens is 300 g/mol. The van der Waals surface area contributed by atoms with Gasteiger partial charge in [-0.15, -0.1) is 10.2 Å². The fourth-order valence-corrected chi connectivity index (χ4v) is 2.25. The van der Waals surface area contributed by atoms with Gasteiger partial charge < -0.3 is 14.3 Å². The molecule has 0 unspecified atom stereocenters. The third-order valence-corrected chi connectivity index (χ3v) is 3.53. The van der Waals surface area contributed by atoms with Crippen LogP contribution in [0.25, 0.3) is 6.08 Å². The van der Waals surface area contributed by atoms with E-state index in [1.165, 1.54) is 6.08 Å². The predicted octanol–water partition coefficient (Wildman–Crippen LogP) is 2.17. The van der Waals surface area contributed by atoms with Crippen LogP contribution in [0.2, 0.25) is 5.02 Å². The average molecular weight is 310 g/mol. The number of aliphatic carboxylic acids is 1. The summed E-state index contributed by atoms with van der Waals surface area (Å²) in [5.74, 6) is -0.880. The van der Waals surface area contributed by atoms with E-state index in [9.17, 15) is 9.90 Å². The molecule has 0 aliphatic heterocycles. The van der Waals surface area contributed by atoms with Crippen molar-refractivity contribution >= 4 is 35.4 Å². The molecule has 0 aliphatic rings. The number of carbonyl (C=O) groups is 1. The normalized spacial score (nSPS) is 11.6. The highest BCUT2D eigenvalue weighted by molar-refractivity contribution is 8.03. The Kier molecular flexibility index (Phi) is 4.81. The molecule has 104 valence electrons. The lowest BCUT2D eigenvalue weighted by molar-refractivity contribution is -0.298. The number of carboxylic acids is 1. The molecule has 0 aliphatic carbocycles. The van der Waals surface area contributed by atoms with Gasteiger partial charge in [-0.2, -0.15) is 0 Å². The summed E-state index contributed by atoms with van der Waals surface area (Å²) in [5, 5.41) is 19.3. The number of rotatable bonds is 5. The number of hydrogen-bond donors (Lipinski definition) is 0. The number of aromatic nitrogens is 2. The van der Waals surface area contributed by atoms with Gasteiger partial charge in [-0.3, -0.25) is 0 Å². The lowest BCUT2D eigenvalue weighted by Gasteiger charge is -2.06. The molecule has 0 spiro atoms. The number of carboxylic acid groups (broad SMARTS) is 1. The lowest BCUT2D eigenvalue weighted by Crippen LogP contribution is -2.23. The maximum absolute atomic E-state index is 11.2. The first-order valence-corrected chi connectivity index (χ1v) is 6.97. The Morgan fingerprint density at radius 3 is 2.80 bits per heavy atom. The molecule has 0 saturated heterocycles. The Bertz CT molecular complexity index is 655. The molecular formula is C13H10ClN2O3S-. The molecule has 7 heteroatoms. The maximum Gasteiger partial charge on any atom is 0.281 e. The number of benzene rings is 1. The number of hydrogen-bond acceptors (Lipinski definition) is 6. The van der Waals surface area contributed by atoms with Gasteiger partial charge in [0.25, 0.3) is 5.22 Å². The van der Waals surface area contributed by atoms with Gasteiger partial charge in [0.05, 0.1) is 5.97 Å². The van der Waals surface area contributed by atoms with E-state index < -0.39 is 5.97 Å². The Balaban J connectivity index is 2.27. The van der Waals surface area contributed by atoms with E-state index in [0.717, 1.165) is 11.8 Å². The zero-order valence-corrected chi connectivity index (χ0v) is 12.1. The molecule has 0 fully saturated rings. The largest absolute Gasteiger partial charge is 0.544 e. The minimum absolute atomic E-state index is 0.0515. The fraction of sp³-hybridized carbons (Fsp3) is 0.154. The van der Waals surface area contributed by atoms with Crippen LogP contribution < -0.4 is 5.11 Å². The van der Waals surface area contributed by atoms with E-state index in [-0.39, 0.29) is 10.1 Å². The fourth-order valence-electron chi connectivity index (χ4n) is 1.38. The molecule has 0 N–H and O–H groups in total. The van der Waals surface area contributed by atoms with Gasteiger partial charge in [0.2, 0.25) is 5.89 Å². The maximum atomic E-state index is 11.2. The summed E-state index contributed by atoms with van der Waals surface area (Å²) < 4.78 is 5.26. The van der Waals surface area contributed by atoms with Gasteiger partial charge >= 0.3 is 0 Å². The third kappa shape index (κ3) is 3.61. The monoisotopic (exact) mass is 309 g/mol. The second kappa shape index (κ2) is 6.58. The highest BCUT2D eigenvalue weighted by atomic mass is 35.5. The van der Waals surface area contributed by atoms with Gasteiger partial charge in [0.15, 0.2) is 0 Å². The van der Waals surface area contributed by atoms with Crippen LogP contribution in [-0.2, 0) is 11.2 Å². The molecule has 1 heterocycles. The summed E-state index contributed by atoms with van der Waals surface area (Å²) in [6.45, 7) is 1.86. The van der Waals surface area contributed by atoms with Crippen molar-refractivity contribution in [3.63, 3.8) is 0 Å². The van der Waals surface area contributed by atoms with Crippen LogP contribution in [-0.4, -0.2) is 16.2 Å². The van der Waals surface area contributed by atoms with Gasteiger partial charge in [-0.05, 0) is 29.5 Å². The van der Waals surface area contributed by atoms with Crippen molar-refractivity contribution in [3.8, 4) is 0 Å². The van der Waals surface area contributed by atoms with Crippen molar-refractivity contribution in [3.05, 3.63) is 45.6 Å². The molecule has 0 amide bonds. The van der Waals surface area contributed by atoms with Gasteiger partial charge in [0, 0.05) is 16.3 Å². The first-order valence-electron chi connectivity index (χ1n) is 5.78. The first kappa shape index (κ1) is 14.6. The molecule has 1 aromatic heterocycles. The molecule has 0 radical (unpaired) electrons. The zero-order chi connectivity index (χ0) is 14.5. The van der Waals surface area contributed by atoms with Crippen molar-refractivity contribution in [2.24, 2.45) is 0 Å². The highest BCUT2D eigenvalue weighted by Crippen LogP contribution is 2.28. The Morgan fingerprint density at radius 1 is 1.45 bits per heavy atom. The third-order valence-electron chi connectivity index (χ3n) is 2.34. The minimum Gasteiger partial charge on any atom is -0.544 e. The Labute approximate surface area is 124 Å². The van der Waals surface area contributed by atoms with Crippen molar-refractivity contribution in [2.45, 2.75) is 18.6 Å². The number of carbonyl (C=O) groups excluding carboxylic acids is 1. The van der Waals surface area contributed by atoms with Crippen molar-refractivity contribution in [1.82, 2.24) is 10.2 Å². The highest BCUT2D eigenvalue weighted by Gasteiger charge is 2.10. The van der Waals surface area contributed by atoms with Crippen LogP contribution in [0.3, 0.4) is 0 Å². The second-order valence-corrected chi connectivity index (χ2v) is 5.14. The first-order chi connectivity index (χ1) is 9.60. The molecule has 5 nitrogen and oxygen atoms in total.